The Kier molecular flexibility index (Phi) is 7.20. The van der Waals surface area contributed by atoms with Crippen LogP contribution in [0, 0.1) is 0 Å². The number of carboxylic acid groups (broad SMARTS) is 1. The first-order valence-electron chi connectivity index (χ1n) is 6.49. The number of carboxylic acids is 1. The topological polar surface area (TPSA) is 96.9 Å². The monoisotopic (exact) mass is 274 g/mol. The van der Waals surface area contributed by atoms with Crippen molar-refractivity contribution in [3.05, 3.63) is 0 Å². The molecule has 0 bridgehead atoms. The second-order valence-electron chi connectivity index (χ2n) is 4.52. The van der Waals surface area contributed by atoms with E-state index in [4.69, 9.17) is 14.6 Å². The van der Waals surface area contributed by atoms with Gasteiger partial charge in [-0.3, -0.25) is 4.79 Å². The van der Waals surface area contributed by atoms with Gasteiger partial charge in [0.05, 0.1) is 18.6 Å². The smallest absolute Gasteiger partial charge is 0.314 e. The summed E-state index contributed by atoms with van der Waals surface area (Å²) in [7, 11) is 1.42. The number of rotatable bonds is 8. The molecule has 0 aliphatic carbocycles. The summed E-state index contributed by atoms with van der Waals surface area (Å²) < 4.78 is 10.4. The number of aliphatic carboxylic acids is 1. The van der Waals surface area contributed by atoms with E-state index < -0.39 is 12.1 Å². The van der Waals surface area contributed by atoms with E-state index in [0.717, 1.165) is 25.9 Å². The van der Waals surface area contributed by atoms with Crippen LogP contribution >= 0.6 is 0 Å². The Balaban J connectivity index is 2.07. The Bertz CT molecular complexity index is 292. The first-order valence-corrected chi connectivity index (χ1v) is 6.49. The van der Waals surface area contributed by atoms with Crippen LogP contribution in [0.2, 0.25) is 0 Å². The molecule has 1 fully saturated rings. The van der Waals surface area contributed by atoms with Crippen molar-refractivity contribution in [1.82, 2.24) is 10.6 Å². The fourth-order valence-corrected chi connectivity index (χ4v) is 1.92. The third kappa shape index (κ3) is 6.97. The molecular weight excluding hydrogens is 252 g/mol. The van der Waals surface area contributed by atoms with E-state index in [-0.39, 0.29) is 25.1 Å². The van der Waals surface area contributed by atoms with E-state index in [9.17, 15) is 9.59 Å². The average Bonchev–Trinajstić information content (AvgIpc) is 2.87. The quantitative estimate of drug-likeness (QED) is 0.593. The number of hydrogen-bond acceptors (Lipinski definition) is 4. The number of carbonyl (C=O) groups is 2. The minimum Gasteiger partial charge on any atom is -0.481 e. The molecule has 1 rings (SSSR count). The number of urea groups is 1. The Morgan fingerprint density at radius 3 is 2.84 bits per heavy atom. The highest BCUT2D eigenvalue weighted by molar-refractivity contribution is 5.74. The number of carbonyl (C=O) groups excluding carboxylic acids is 1. The lowest BCUT2D eigenvalue weighted by Crippen LogP contribution is -2.41. The highest BCUT2D eigenvalue weighted by Crippen LogP contribution is 2.14. The van der Waals surface area contributed by atoms with Gasteiger partial charge in [0.2, 0.25) is 0 Å². The van der Waals surface area contributed by atoms with Crippen LogP contribution in [0.3, 0.4) is 0 Å². The van der Waals surface area contributed by atoms with E-state index in [1.54, 1.807) is 0 Å². The van der Waals surface area contributed by atoms with Crippen LogP contribution in [0.25, 0.3) is 0 Å². The van der Waals surface area contributed by atoms with Gasteiger partial charge in [-0.05, 0) is 19.3 Å². The molecular formula is C12H22N2O5. The summed E-state index contributed by atoms with van der Waals surface area (Å²) in [5, 5.41) is 13.9. The highest BCUT2D eigenvalue weighted by atomic mass is 16.5. The second kappa shape index (κ2) is 8.71. The molecule has 2 unspecified atom stereocenters. The molecule has 3 N–H and O–H groups in total. The molecule has 1 saturated heterocycles. The van der Waals surface area contributed by atoms with Gasteiger partial charge in [0.15, 0.2) is 0 Å². The molecule has 1 aliphatic heterocycles. The second-order valence-corrected chi connectivity index (χ2v) is 4.52. The molecule has 110 valence electrons. The van der Waals surface area contributed by atoms with Gasteiger partial charge >= 0.3 is 12.0 Å². The lowest BCUT2D eigenvalue weighted by Gasteiger charge is -2.15. The van der Waals surface area contributed by atoms with Gasteiger partial charge in [0.1, 0.15) is 0 Å². The Morgan fingerprint density at radius 2 is 2.26 bits per heavy atom. The van der Waals surface area contributed by atoms with Gasteiger partial charge in [-0.25, -0.2) is 4.79 Å². The number of nitrogens with one attached hydrogen (secondary N) is 2. The Morgan fingerprint density at radius 1 is 1.47 bits per heavy atom. The van der Waals surface area contributed by atoms with Crippen molar-refractivity contribution in [2.24, 2.45) is 0 Å². The maximum Gasteiger partial charge on any atom is 0.314 e. The molecule has 19 heavy (non-hydrogen) atoms. The van der Waals surface area contributed by atoms with Crippen LogP contribution in [-0.4, -0.2) is 56.1 Å². The Hall–Kier alpha value is -1.34. The van der Waals surface area contributed by atoms with Gasteiger partial charge in [-0.15, -0.1) is 0 Å². The van der Waals surface area contributed by atoms with Crippen LogP contribution in [0.4, 0.5) is 4.79 Å². The fourth-order valence-electron chi connectivity index (χ4n) is 1.92. The fraction of sp³-hybridized carbons (Fsp3) is 0.833. The highest BCUT2D eigenvalue weighted by Gasteiger charge is 2.16. The average molecular weight is 274 g/mol. The summed E-state index contributed by atoms with van der Waals surface area (Å²) in [5.41, 5.74) is 0. The maximum atomic E-state index is 11.5. The van der Waals surface area contributed by atoms with E-state index in [0.29, 0.717) is 6.54 Å². The molecule has 7 heteroatoms. The van der Waals surface area contributed by atoms with Gasteiger partial charge in [0, 0.05) is 26.8 Å². The van der Waals surface area contributed by atoms with Crippen molar-refractivity contribution in [3.8, 4) is 0 Å². The molecule has 0 spiro atoms. The number of amides is 2. The molecule has 1 heterocycles. The van der Waals surface area contributed by atoms with Crippen LogP contribution in [0.5, 0.6) is 0 Å². The first kappa shape index (κ1) is 15.7. The summed E-state index contributed by atoms with van der Waals surface area (Å²) >= 11 is 0. The lowest BCUT2D eigenvalue weighted by molar-refractivity contribution is -0.139. The van der Waals surface area contributed by atoms with Crippen molar-refractivity contribution >= 4 is 12.0 Å². The number of ether oxygens (including phenoxy) is 2. The summed E-state index contributed by atoms with van der Waals surface area (Å²) in [6.07, 6.45) is 2.54. The van der Waals surface area contributed by atoms with Crippen LogP contribution < -0.4 is 10.6 Å². The standard InChI is InChI=1S/C12H22N2O5/c1-18-10(7-11(15)16)8-14-12(17)13-5-4-9-3-2-6-19-9/h9-10H,2-8H2,1H3,(H,15,16)(H2,13,14,17). The summed E-state index contributed by atoms with van der Waals surface area (Å²) in [4.78, 5) is 22.0. The zero-order valence-electron chi connectivity index (χ0n) is 11.2. The van der Waals surface area contributed by atoms with Gasteiger partial charge in [-0.2, -0.15) is 0 Å². The van der Waals surface area contributed by atoms with Gasteiger partial charge in [-0.1, -0.05) is 0 Å². The maximum absolute atomic E-state index is 11.5. The molecule has 0 aromatic carbocycles. The third-order valence-corrected chi connectivity index (χ3v) is 3.00. The van der Waals surface area contributed by atoms with Crippen molar-refractivity contribution in [2.75, 3.05) is 26.8 Å². The molecule has 0 saturated carbocycles. The van der Waals surface area contributed by atoms with Crippen LogP contribution in [0.15, 0.2) is 0 Å². The zero-order chi connectivity index (χ0) is 14.1. The van der Waals surface area contributed by atoms with Gasteiger partial charge < -0.3 is 25.2 Å². The van der Waals surface area contributed by atoms with Crippen LogP contribution in [-0.2, 0) is 14.3 Å². The summed E-state index contributed by atoms with van der Waals surface area (Å²) in [5.74, 6) is -0.951. The molecule has 0 radical (unpaired) electrons. The minimum atomic E-state index is -0.951. The molecule has 0 aromatic heterocycles. The predicted molar refractivity (Wildman–Crippen MR) is 68.0 cm³/mol. The van der Waals surface area contributed by atoms with Crippen molar-refractivity contribution < 1.29 is 24.2 Å². The van der Waals surface area contributed by atoms with Crippen LogP contribution in [0.1, 0.15) is 25.7 Å². The van der Waals surface area contributed by atoms with Crippen molar-refractivity contribution in [1.29, 1.82) is 0 Å². The number of hydrogen-bond donors (Lipinski definition) is 3. The first-order chi connectivity index (χ1) is 9.11. The molecule has 1 aliphatic rings. The SMILES string of the molecule is COC(CNC(=O)NCCC1CCCO1)CC(=O)O. The summed E-state index contributed by atoms with van der Waals surface area (Å²) in [6.45, 7) is 1.53. The molecule has 2 atom stereocenters. The van der Waals surface area contributed by atoms with E-state index in [2.05, 4.69) is 10.6 Å². The predicted octanol–water partition coefficient (Wildman–Crippen LogP) is 0.344. The normalized spacial score (nSPS) is 19.9. The van der Waals surface area contributed by atoms with Crippen molar-refractivity contribution in [2.45, 2.75) is 37.9 Å². The van der Waals surface area contributed by atoms with E-state index >= 15 is 0 Å². The molecule has 2 amide bonds. The summed E-state index contributed by atoms with van der Waals surface area (Å²) in [6, 6.07) is -0.314. The van der Waals surface area contributed by atoms with Gasteiger partial charge in [0.25, 0.3) is 0 Å². The van der Waals surface area contributed by atoms with E-state index in [1.165, 1.54) is 7.11 Å². The zero-order valence-corrected chi connectivity index (χ0v) is 11.2. The van der Waals surface area contributed by atoms with E-state index in [1.807, 2.05) is 0 Å². The third-order valence-electron chi connectivity index (χ3n) is 3.00. The van der Waals surface area contributed by atoms with Crippen molar-refractivity contribution in [3.63, 3.8) is 0 Å². The lowest BCUT2D eigenvalue weighted by atomic mass is 10.2. The molecule has 7 nitrogen and oxygen atoms in total. The minimum absolute atomic E-state index is 0.132. The number of methoxy groups -OCH3 is 1. The molecule has 0 aromatic rings. The largest absolute Gasteiger partial charge is 0.481 e. The Labute approximate surface area is 112 Å².